The molecule has 0 atom stereocenters. The fraction of sp³-hybridized carbons (Fsp3) is 0.0667. The van der Waals surface area contributed by atoms with Crippen molar-refractivity contribution < 1.29 is 14.1 Å². The van der Waals surface area contributed by atoms with Crippen LogP contribution in [0.4, 0.5) is 15.8 Å². The third kappa shape index (κ3) is 4.25. The molecule has 25 heavy (non-hydrogen) atoms. The van der Waals surface area contributed by atoms with Crippen LogP contribution in [-0.2, 0) is 4.79 Å². The van der Waals surface area contributed by atoms with Gasteiger partial charge in [0.2, 0.25) is 5.91 Å². The summed E-state index contributed by atoms with van der Waals surface area (Å²) in [5.74, 6) is -0.973. The predicted octanol–water partition coefficient (Wildman–Crippen LogP) is 4.73. The Morgan fingerprint density at radius 1 is 1.36 bits per heavy atom. The van der Waals surface area contributed by atoms with Gasteiger partial charge < -0.3 is 5.32 Å². The van der Waals surface area contributed by atoms with Crippen LogP contribution < -0.4 is 5.32 Å². The molecule has 0 radical (unpaired) electrons. The van der Waals surface area contributed by atoms with Crippen molar-refractivity contribution in [3.63, 3.8) is 0 Å². The largest absolute Gasteiger partial charge is 0.323 e. The van der Waals surface area contributed by atoms with Crippen LogP contribution in [0.1, 0.15) is 0 Å². The van der Waals surface area contributed by atoms with E-state index in [-0.39, 0.29) is 22.2 Å². The number of fused-ring (bicyclic) bond motifs is 1. The van der Waals surface area contributed by atoms with E-state index in [1.165, 1.54) is 47.4 Å². The van der Waals surface area contributed by atoms with E-state index in [0.29, 0.717) is 14.6 Å². The zero-order chi connectivity index (χ0) is 18.0. The lowest BCUT2D eigenvalue weighted by Gasteiger charge is -2.05. The molecule has 0 unspecified atom stereocenters. The van der Waals surface area contributed by atoms with Crippen molar-refractivity contribution in [2.45, 2.75) is 4.34 Å². The molecule has 1 amide bonds. The monoisotopic (exact) mass is 397 g/mol. The van der Waals surface area contributed by atoms with Gasteiger partial charge >= 0.3 is 0 Å². The molecule has 10 heteroatoms. The first-order chi connectivity index (χ1) is 11.9. The third-order valence-corrected chi connectivity index (χ3v) is 5.49. The summed E-state index contributed by atoms with van der Waals surface area (Å²) >= 11 is 8.09. The molecule has 1 heterocycles. The fourth-order valence-electron chi connectivity index (χ4n) is 1.97. The predicted molar refractivity (Wildman–Crippen MR) is 97.0 cm³/mol. The molecule has 1 N–H and O–H groups in total. The zero-order valence-electron chi connectivity index (χ0n) is 12.4. The summed E-state index contributed by atoms with van der Waals surface area (Å²) in [5.41, 5.74) is 0.667. The van der Waals surface area contributed by atoms with Crippen molar-refractivity contribution in [1.29, 1.82) is 0 Å². The third-order valence-electron chi connectivity index (χ3n) is 3.10. The summed E-state index contributed by atoms with van der Waals surface area (Å²) in [7, 11) is 0. The number of carbonyl (C=O) groups excluding carboxylic acids is 1. The highest BCUT2D eigenvalue weighted by molar-refractivity contribution is 8.01. The number of carbonyl (C=O) groups is 1. The van der Waals surface area contributed by atoms with Crippen molar-refractivity contribution >= 4 is 62.2 Å². The highest BCUT2D eigenvalue weighted by Crippen LogP contribution is 2.31. The summed E-state index contributed by atoms with van der Waals surface area (Å²) < 4.78 is 14.9. The molecule has 0 saturated carbocycles. The number of nitrogens with zero attached hydrogens (tertiary/aromatic N) is 2. The van der Waals surface area contributed by atoms with Gasteiger partial charge in [-0.3, -0.25) is 14.9 Å². The molecule has 3 rings (SSSR count). The minimum absolute atomic E-state index is 0.0105. The van der Waals surface area contributed by atoms with Crippen molar-refractivity contribution in [3.05, 3.63) is 57.4 Å². The van der Waals surface area contributed by atoms with E-state index < -0.39 is 16.6 Å². The molecule has 128 valence electrons. The van der Waals surface area contributed by atoms with Gasteiger partial charge in [-0.25, -0.2) is 9.37 Å². The van der Waals surface area contributed by atoms with E-state index in [2.05, 4.69) is 10.3 Å². The van der Waals surface area contributed by atoms with Crippen molar-refractivity contribution in [2.24, 2.45) is 0 Å². The first-order valence-corrected chi connectivity index (χ1v) is 9.03. The Labute approximate surface area is 154 Å². The Kier molecular flexibility index (Phi) is 5.16. The number of rotatable bonds is 5. The number of amides is 1. The second-order valence-corrected chi connectivity index (χ2v) is 7.54. The quantitative estimate of drug-likeness (QED) is 0.382. The summed E-state index contributed by atoms with van der Waals surface area (Å²) in [4.78, 5) is 26.6. The first-order valence-electron chi connectivity index (χ1n) is 6.85. The average Bonchev–Trinajstić information content (AvgIpc) is 2.97. The van der Waals surface area contributed by atoms with Crippen LogP contribution in [0, 0.1) is 15.9 Å². The van der Waals surface area contributed by atoms with Crippen LogP contribution in [-0.4, -0.2) is 21.6 Å². The van der Waals surface area contributed by atoms with E-state index in [9.17, 15) is 19.3 Å². The minimum atomic E-state index is -0.613. The minimum Gasteiger partial charge on any atom is -0.323 e. The standard InChI is InChI=1S/C15H9ClFN3O3S2/c16-8-1-3-11(10(17)5-8)18-14(21)7-24-15-19-12-4-2-9(20(22)23)6-13(12)25-15/h1-6H,7H2,(H,18,21). The van der Waals surface area contributed by atoms with Crippen LogP contribution in [0.2, 0.25) is 5.02 Å². The molecular weight excluding hydrogens is 389 g/mol. The molecule has 0 aliphatic carbocycles. The maximum absolute atomic E-state index is 13.6. The van der Waals surface area contributed by atoms with Crippen LogP contribution >= 0.6 is 34.7 Å². The van der Waals surface area contributed by atoms with Crippen molar-refractivity contribution in [2.75, 3.05) is 11.1 Å². The van der Waals surface area contributed by atoms with Gasteiger partial charge in [0.05, 0.1) is 26.6 Å². The summed E-state index contributed by atoms with van der Waals surface area (Å²) in [6.45, 7) is 0. The summed E-state index contributed by atoms with van der Waals surface area (Å²) in [6.07, 6.45) is 0. The number of hydrogen-bond acceptors (Lipinski definition) is 6. The number of nitrogens with one attached hydrogen (secondary N) is 1. The molecule has 0 aliphatic heterocycles. The van der Waals surface area contributed by atoms with Gasteiger partial charge in [0, 0.05) is 17.2 Å². The van der Waals surface area contributed by atoms with Crippen LogP contribution in [0.15, 0.2) is 40.7 Å². The smallest absolute Gasteiger partial charge is 0.270 e. The molecule has 0 bridgehead atoms. The van der Waals surface area contributed by atoms with Gasteiger partial charge in [-0.1, -0.05) is 23.4 Å². The number of hydrogen-bond donors (Lipinski definition) is 1. The highest BCUT2D eigenvalue weighted by Gasteiger charge is 2.13. The topological polar surface area (TPSA) is 85.1 Å². The second kappa shape index (κ2) is 7.34. The lowest BCUT2D eigenvalue weighted by Crippen LogP contribution is -2.14. The SMILES string of the molecule is O=C(CSc1nc2ccc([N+](=O)[O-])cc2s1)Nc1ccc(Cl)cc1F. The second-order valence-electron chi connectivity index (χ2n) is 4.85. The number of non-ortho nitro benzene ring substituents is 1. The molecule has 3 aromatic rings. The lowest BCUT2D eigenvalue weighted by molar-refractivity contribution is -0.384. The number of halogens is 2. The molecule has 0 fully saturated rings. The number of nitro benzene ring substituents is 1. The Balaban J connectivity index is 1.65. The van der Waals surface area contributed by atoms with Crippen LogP contribution in [0.25, 0.3) is 10.2 Å². The Morgan fingerprint density at radius 3 is 2.88 bits per heavy atom. The molecule has 6 nitrogen and oxygen atoms in total. The van der Waals surface area contributed by atoms with Crippen LogP contribution in [0.5, 0.6) is 0 Å². The van der Waals surface area contributed by atoms with E-state index in [1.807, 2.05) is 0 Å². The molecule has 2 aromatic carbocycles. The van der Waals surface area contributed by atoms with Gasteiger partial charge in [-0.05, 0) is 24.3 Å². The van der Waals surface area contributed by atoms with Gasteiger partial charge in [0.25, 0.3) is 5.69 Å². The maximum Gasteiger partial charge on any atom is 0.270 e. The summed E-state index contributed by atoms with van der Waals surface area (Å²) in [6, 6.07) is 8.37. The van der Waals surface area contributed by atoms with Gasteiger partial charge in [-0.2, -0.15) is 0 Å². The summed E-state index contributed by atoms with van der Waals surface area (Å²) in [5, 5.41) is 13.5. The Bertz CT molecular complexity index is 980. The Hall–Kier alpha value is -2.23. The van der Waals surface area contributed by atoms with E-state index >= 15 is 0 Å². The van der Waals surface area contributed by atoms with Gasteiger partial charge in [0.1, 0.15) is 5.82 Å². The fourth-order valence-corrected chi connectivity index (χ4v) is 4.03. The van der Waals surface area contributed by atoms with E-state index in [0.717, 1.165) is 6.07 Å². The van der Waals surface area contributed by atoms with Crippen molar-refractivity contribution in [3.8, 4) is 0 Å². The average molecular weight is 398 g/mol. The molecule has 0 aliphatic rings. The normalized spacial score (nSPS) is 10.8. The number of nitro groups is 1. The number of thioether (sulfide) groups is 1. The number of anilines is 1. The lowest BCUT2D eigenvalue weighted by atomic mass is 10.3. The molecule has 1 aromatic heterocycles. The zero-order valence-corrected chi connectivity index (χ0v) is 14.8. The molecule has 0 spiro atoms. The van der Waals surface area contributed by atoms with Gasteiger partial charge in [-0.15, -0.1) is 11.3 Å². The van der Waals surface area contributed by atoms with E-state index in [1.54, 1.807) is 6.07 Å². The number of thiazole rings is 1. The maximum atomic E-state index is 13.6. The van der Waals surface area contributed by atoms with Crippen molar-refractivity contribution in [1.82, 2.24) is 4.98 Å². The van der Waals surface area contributed by atoms with Crippen LogP contribution in [0.3, 0.4) is 0 Å². The highest BCUT2D eigenvalue weighted by atomic mass is 35.5. The van der Waals surface area contributed by atoms with E-state index in [4.69, 9.17) is 11.6 Å². The molecule has 0 saturated heterocycles. The molecular formula is C15H9ClFN3O3S2. The van der Waals surface area contributed by atoms with Gasteiger partial charge in [0.15, 0.2) is 4.34 Å². The number of benzene rings is 2. The number of aromatic nitrogens is 1. The Morgan fingerprint density at radius 2 is 2.16 bits per heavy atom. The first kappa shape index (κ1) is 17.6.